The van der Waals surface area contributed by atoms with Crippen molar-refractivity contribution < 1.29 is 9.90 Å². The fraction of sp³-hybridized carbons (Fsp3) is 0.312. The smallest absolute Gasteiger partial charge is 0.251 e. The number of aliphatic hydroxyl groups is 1. The van der Waals surface area contributed by atoms with Crippen LogP contribution < -0.4 is 5.32 Å². The Labute approximate surface area is 129 Å². The van der Waals surface area contributed by atoms with Gasteiger partial charge in [0, 0.05) is 17.7 Å². The van der Waals surface area contributed by atoms with Crippen molar-refractivity contribution in [1.29, 1.82) is 0 Å². The first-order chi connectivity index (χ1) is 10.4. The monoisotopic (exact) mass is 298 g/mol. The minimum Gasteiger partial charge on any atom is -0.378 e. The predicted octanol–water partition coefficient (Wildman–Crippen LogP) is 0.830. The molecule has 1 aromatic heterocycles. The van der Waals surface area contributed by atoms with Gasteiger partial charge < -0.3 is 10.4 Å². The van der Waals surface area contributed by atoms with E-state index in [0.29, 0.717) is 18.7 Å². The molecule has 0 fully saturated rings. The summed E-state index contributed by atoms with van der Waals surface area (Å²) in [5.74, 6) is 5.44. The molecule has 1 amide bonds. The Hall–Kier alpha value is -2.65. The van der Waals surface area contributed by atoms with Gasteiger partial charge in [0.05, 0.1) is 6.54 Å². The van der Waals surface area contributed by atoms with Crippen LogP contribution in [0.15, 0.2) is 36.9 Å². The molecule has 1 heterocycles. The van der Waals surface area contributed by atoms with Crippen molar-refractivity contribution in [1.82, 2.24) is 20.1 Å². The molecular weight excluding hydrogens is 280 g/mol. The normalized spacial score (nSPS) is 10.7. The van der Waals surface area contributed by atoms with Gasteiger partial charge in [-0.2, -0.15) is 5.10 Å². The molecule has 0 radical (unpaired) electrons. The van der Waals surface area contributed by atoms with E-state index in [4.69, 9.17) is 0 Å². The number of amides is 1. The van der Waals surface area contributed by atoms with Crippen molar-refractivity contribution in [2.75, 3.05) is 6.54 Å². The van der Waals surface area contributed by atoms with Crippen LogP contribution in [-0.2, 0) is 6.54 Å². The molecule has 2 aromatic rings. The maximum Gasteiger partial charge on any atom is 0.251 e. The molecule has 0 aliphatic carbocycles. The number of carbonyl (C=O) groups excluding carboxylic acids is 1. The standard InChI is InChI=1S/C16H18N4O2/c1-16(2,22)8-7-13-3-5-14(6-4-13)15(21)18-9-10-20-12-17-11-19-20/h3-6,11-12,22H,9-10H2,1-2H3,(H,18,21). The zero-order valence-corrected chi connectivity index (χ0v) is 12.6. The Kier molecular flexibility index (Phi) is 4.92. The molecule has 2 rings (SSSR count). The van der Waals surface area contributed by atoms with Crippen LogP contribution in [0.4, 0.5) is 0 Å². The fourth-order valence-corrected chi connectivity index (χ4v) is 1.66. The van der Waals surface area contributed by atoms with E-state index in [-0.39, 0.29) is 5.91 Å². The summed E-state index contributed by atoms with van der Waals surface area (Å²) in [4.78, 5) is 15.8. The largest absolute Gasteiger partial charge is 0.378 e. The first-order valence-corrected chi connectivity index (χ1v) is 6.90. The van der Waals surface area contributed by atoms with Gasteiger partial charge in [-0.1, -0.05) is 11.8 Å². The van der Waals surface area contributed by atoms with Crippen LogP contribution in [0.3, 0.4) is 0 Å². The van der Waals surface area contributed by atoms with Crippen LogP contribution in [0.5, 0.6) is 0 Å². The molecule has 114 valence electrons. The Bertz CT molecular complexity index is 674. The van der Waals surface area contributed by atoms with Crippen LogP contribution in [0, 0.1) is 11.8 Å². The van der Waals surface area contributed by atoms with Crippen LogP contribution in [0.2, 0.25) is 0 Å². The molecule has 0 saturated heterocycles. The maximum absolute atomic E-state index is 12.0. The van der Waals surface area contributed by atoms with Gasteiger partial charge in [0.15, 0.2) is 0 Å². The first-order valence-electron chi connectivity index (χ1n) is 6.90. The summed E-state index contributed by atoms with van der Waals surface area (Å²) < 4.78 is 1.65. The van der Waals surface area contributed by atoms with E-state index in [1.807, 2.05) is 0 Å². The van der Waals surface area contributed by atoms with Crippen molar-refractivity contribution in [2.45, 2.75) is 26.0 Å². The van der Waals surface area contributed by atoms with Crippen molar-refractivity contribution >= 4 is 5.91 Å². The highest BCUT2D eigenvalue weighted by Gasteiger charge is 2.07. The number of rotatable bonds is 4. The van der Waals surface area contributed by atoms with E-state index in [9.17, 15) is 9.90 Å². The van der Waals surface area contributed by atoms with E-state index < -0.39 is 5.60 Å². The molecule has 0 spiro atoms. The van der Waals surface area contributed by atoms with E-state index >= 15 is 0 Å². The molecular formula is C16H18N4O2. The highest BCUT2D eigenvalue weighted by atomic mass is 16.3. The number of hydrogen-bond donors (Lipinski definition) is 2. The molecule has 0 aliphatic rings. The van der Waals surface area contributed by atoms with Crippen LogP contribution >= 0.6 is 0 Å². The van der Waals surface area contributed by atoms with Gasteiger partial charge in [0.25, 0.3) is 5.91 Å². The molecule has 0 unspecified atom stereocenters. The van der Waals surface area contributed by atoms with Gasteiger partial charge in [-0.05, 0) is 38.1 Å². The number of hydrogen-bond acceptors (Lipinski definition) is 4. The van der Waals surface area contributed by atoms with Gasteiger partial charge in [-0.25, -0.2) is 4.98 Å². The molecule has 0 saturated carbocycles. The van der Waals surface area contributed by atoms with E-state index in [1.165, 1.54) is 6.33 Å². The van der Waals surface area contributed by atoms with Gasteiger partial charge in [0.2, 0.25) is 0 Å². The summed E-state index contributed by atoms with van der Waals surface area (Å²) in [7, 11) is 0. The van der Waals surface area contributed by atoms with Crippen LogP contribution in [-0.4, -0.2) is 37.9 Å². The summed E-state index contributed by atoms with van der Waals surface area (Å²) in [6, 6.07) is 6.93. The minimum absolute atomic E-state index is 0.151. The van der Waals surface area contributed by atoms with Gasteiger partial charge in [-0.3, -0.25) is 9.48 Å². The van der Waals surface area contributed by atoms with Crippen LogP contribution in [0.25, 0.3) is 0 Å². The average molecular weight is 298 g/mol. The van der Waals surface area contributed by atoms with Crippen molar-refractivity contribution in [3.05, 3.63) is 48.0 Å². The lowest BCUT2D eigenvalue weighted by Crippen LogP contribution is -2.27. The third-order valence-corrected chi connectivity index (χ3v) is 2.75. The first kappa shape index (κ1) is 15.7. The second-order valence-corrected chi connectivity index (χ2v) is 5.30. The lowest BCUT2D eigenvalue weighted by atomic mass is 10.1. The molecule has 0 aliphatic heterocycles. The lowest BCUT2D eigenvalue weighted by molar-refractivity contribution is 0.0952. The molecule has 0 bridgehead atoms. The third-order valence-electron chi connectivity index (χ3n) is 2.75. The number of nitrogens with one attached hydrogen (secondary N) is 1. The Balaban J connectivity index is 1.89. The number of nitrogens with zero attached hydrogens (tertiary/aromatic N) is 3. The van der Waals surface area contributed by atoms with E-state index in [2.05, 4.69) is 27.2 Å². The highest BCUT2D eigenvalue weighted by molar-refractivity contribution is 5.94. The van der Waals surface area contributed by atoms with Gasteiger partial charge in [0.1, 0.15) is 18.3 Å². The number of aromatic nitrogens is 3. The summed E-state index contributed by atoms with van der Waals surface area (Å²) in [5, 5.41) is 16.3. The second kappa shape index (κ2) is 6.87. The SMILES string of the molecule is CC(C)(O)C#Cc1ccc(C(=O)NCCn2cncn2)cc1. The highest BCUT2D eigenvalue weighted by Crippen LogP contribution is 2.05. The van der Waals surface area contributed by atoms with Crippen LogP contribution in [0.1, 0.15) is 29.8 Å². The Morgan fingerprint density at radius 3 is 2.68 bits per heavy atom. The maximum atomic E-state index is 12.0. The van der Waals surface area contributed by atoms with E-state index in [1.54, 1.807) is 49.1 Å². The number of carbonyl (C=O) groups is 1. The van der Waals surface area contributed by atoms with Crippen molar-refractivity contribution in [3.63, 3.8) is 0 Å². The topological polar surface area (TPSA) is 80.0 Å². The molecule has 6 nitrogen and oxygen atoms in total. The molecule has 2 N–H and O–H groups in total. The van der Waals surface area contributed by atoms with Gasteiger partial charge in [-0.15, -0.1) is 0 Å². The third kappa shape index (κ3) is 5.04. The summed E-state index contributed by atoms with van der Waals surface area (Å²) in [6.45, 7) is 4.29. The van der Waals surface area contributed by atoms with Crippen molar-refractivity contribution in [2.24, 2.45) is 0 Å². The van der Waals surface area contributed by atoms with Gasteiger partial charge >= 0.3 is 0 Å². The minimum atomic E-state index is -1.03. The lowest BCUT2D eigenvalue weighted by Gasteiger charge is -2.06. The Morgan fingerprint density at radius 1 is 1.36 bits per heavy atom. The molecule has 1 aromatic carbocycles. The zero-order chi connectivity index (χ0) is 16.0. The summed E-state index contributed by atoms with van der Waals surface area (Å²) >= 11 is 0. The number of benzene rings is 1. The average Bonchev–Trinajstić information content (AvgIpc) is 2.98. The van der Waals surface area contributed by atoms with Crippen molar-refractivity contribution in [3.8, 4) is 11.8 Å². The fourth-order valence-electron chi connectivity index (χ4n) is 1.66. The summed E-state index contributed by atoms with van der Waals surface area (Å²) in [5.41, 5.74) is 0.283. The zero-order valence-electron chi connectivity index (χ0n) is 12.6. The molecule has 22 heavy (non-hydrogen) atoms. The second-order valence-electron chi connectivity index (χ2n) is 5.30. The molecule has 0 atom stereocenters. The molecule has 6 heteroatoms. The quantitative estimate of drug-likeness (QED) is 0.819. The summed E-state index contributed by atoms with van der Waals surface area (Å²) in [6.07, 6.45) is 3.05. The van der Waals surface area contributed by atoms with E-state index in [0.717, 1.165) is 5.56 Å². The predicted molar refractivity (Wildman–Crippen MR) is 82.0 cm³/mol. The Morgan fingerprint density at radius 2 is 2.09 bits per heavy atom.